The number of amides is 2. The van der Waals surface area contributed by atoms with Crippen molar-refractivity contribution in [3.63, 3.8) is 0 Å². The van der Waals surface area contributed by atoms with Gasteiger partial charge < -0.3 is 10.2 Å². The molecule has 9 heteroatoms. The highest BCUT2D eigenvalue weighted by atomic mass is 35.5. The number of aryl methyl sites for hydroxylation is 3. The van der Waals surface area contributed by atoms with Gasteiger partial charge >= 0.3 is 0 Å². The highest BCUT2D eigenvalue weighted by Gasteiger charge is 2.36. The molecule has 1 N–H and O–H groups in total. The zero-order valence-electron chi connectivity index (χ0n) is 27.2. The van der Waals surface area contributed by atoms with E-state index in [-0.39, 0.29) is 23.8 Å². The molecule has 242 valence electrons. The van der Waals surface area contributed by atoms with Crippen LogP contribution in [-0.4, -0.2) is 43.3 Å². The maximum Gasteiger partial charge on any atom is 0.264 e. The summed E-state index contributed by atoms with van der Waals surface area (Å²) in [6.45, 7) is 10.8. The van der Waals surface area contributed by atoms with Crippen LogP contribution in [0, 0.1) is 20.8 Å². The first-order valence-electron chi connectivity index (χ1n) is 15.2. The molecule has 7 nitrogen and oxygen atoms in total. The van der Waals surface area contributed by atoms with Gasteiger partial charge in [-0.25, -0.2) is 8.42 Å². The minimum atomic E-state index is -4.18. The van der Waals surface area contributed by atoms with Crippen molar-refractivity contribution < 1.29 is 18.0 Å². The van der Waals surface area contributed by atoms with Gasteiger partial charge in [0.1, 0.15) is 12.6 Å². The lowest BCUT2D eigenvalue weighted by atomic mass is 10.0. The number of hydrogen-bond acceptors (Lipinski definition) is 4. The Labute approximate surface area is 278 Å². The van der Waals surface area contributed by atoms with Gasteiger partial charge in [-0.3, -0.25) is 13.9 Å². The Morgan fingerprint density at radius 3 is 2.07 bits per heavy atom. The summed E-state index contributed by atoms with van der Waals surface area (Å²) in [5, 5.41) is 3.48. The Morgan fingerprint density at radius 1 is 0.826 bits per heavy atom. The second-order valence-electron chi connectivity index (χ2n) is 12.7. The molecule has 0 saturated heterocycles. The number of hydrogen-bond donors (Lipinski definition) is 1. The smallest absolute Gasteiger partial charge is 0.264 e. The number of carbonyl (C=O) groups is 2. The number of halogens is 1. The first-order chi connectivity index (χ1) is 21.7. The lowest BCUT2D eigenvalue weighted by molar-refractivity contribution is -0.140. The number of nitrogens with one attached hydrogen (secondary N) is 1. The zero-order valence-corrected chi connectivity index (χ0v) is 28.8. The summed E-state index contributed by atoms with van der Waals surface area (Å²) >= 11 is 6.58. The van der Waals surface area contributed by atoms with Gasteiger partial charge in [-0.1, -0.05) is 83.9 Å². The van der Waals surface area contributed by atoms with Gasteiger partial charge in [-0.05, 0) is 94.1 Å². The standard InChI is InChI=1S/C37H42ClN3O4S/c1-26-16-20-32(21-17-26)46(44,45)41(31-19-18-27(2)28(3)22-31)25-35(42)40(24-30-14-10-11-15-33(30)38)34(36(43)39-37(4,5)6)23-29-12-8-7-9-13-29/h7-22,34H,23-25H2,1-6H3,(H,39,43)/t34-/m0/s1. The van der Waals surface area contributed by atoms with Crippen LogP contribution >= 0.6 is 11.6 Å². The van der Waals surface area contributed by atoms with Crippen molar-refractivity contribution >= 4 is 39.1 Å². The van der Waals surface area contributed by atoms with Crippen LogP contribution in [0.2, 0.25) is 5.02 Å². The molecular formula is C37H42ClN3O4S. The molecule has 0 saturated carbocycles. The van der Waals surface area contributed by atoms with Crippen molar-refractivity contribution in [1.29, 1.82) is 0 Å². The maximum atomic E-state index is 14.6. The van der Waals surface area contributed by atoms with Crippen molar-refractivity contribution in [2.24, 2.45) is 0 Å². The van der Waals surface area contributed by atoms with E-state index < -0.39 is 34.1 Å². The van der Waals surface area contributed by atoms with Gasteiger partial charge in [0.2, 0.25) is 11.8 Å². The van der Waals surface area contributed by atoms with E-state index in [1.165, 1.54) is 4.90 Å². The molecule has 2 amide bonds. The fourth-order valence-electron chi connectivity index (χ4n) is 5.06. The van der Waals surface area contributed by atoms with E-state index in [9.17, 15) is 18.0 Å². The first kappa shape index (κ1) is 34.7. The molecule has 4 aromatic carbocycles. The summed E-state index contributed by atoms with van der Waals surface area (Å²) in [6.07, 6.45) is 0.216. The summed E-state index contributed by atoms with van der Waals surface area (Å²) in [5.41, 5.74) is 4.05. The molecule has 0 fully saturated rings. The van der Waals surface area contributed by atoms with Crippen LogP contribution in [0.5, 0.6) is 0 Å². The number of sulfonamides is 1. The number of nitrogens with zero attached hydrogens (tertiary/aromatic N) is 2. The fraction of sp³-hybridized carbons (Fsp3) is 0.297. The monoisotopic (exact) mass is 659 g/mol. The predicted octanol–water partition coefficient (Wildman–Crippen LogP) is 7.02. The average molecular weight is 660 g/mol. The van der Waals surface area contributed by atoms with Crippen LogP contribution in [0.1, 0.15) is 48.6 Å². The third-order valence-corrected chi connectivity index (χ3v) is 9.89. The van der Waals surface area contributed by atoms with Gasteiger partial charge in [-0.15, -0.1) is 0 Å². The largest absolute Gasteiger partial charge is 0.350 e. The molecular weight excluding hydrogens is 618 g/mol. The van der Waals surface area contributed by atoms with Crippen molar-refractivity contribution in [3.05, 3.63) is 130 Å². The van der Waals surface area contributed by atoms with E-state index in [0.29, 0.717) is 16.3 Å². The van der Waals surface area contributed by atoms with E-state index in [4.69, 9.17) is 11.6 Å². The van der Waals surface area contributed by atoms with Gasteiger partial charge in [0.05, 0.1) is 10.6 Å². The SMILES string of the molecule is Cc1ccc(S(=O)(=O)N(CC(=O)N(Cc2ccccc2Cl)[C@@H](Cc2ccccc2)C(=O)NC(C)(C)C)c2ccc(C)c(C)c2)cc1. The molecule has 4 rings (SSSR count). The van der Waals surface area contributed by atoms with Crippen LogP contribution in [0.4, 0.5) is 5.69 Å². The molecule has 0 unspecified atom stereocenters. The van der Waals surface area contributed by atoms with Crippen LogP contribution in [0.15, 0.2) is 102 Å². The molecule has 1 atom stereocenters. The molecule has 0 radical (unpaired) electrons. The normalized spacial score (nSPS) is 12.3. The van der Waals surface area contributed by atoms with Gasteiger partial charge in [0, 0.05) is 23.5 Å². The van der Waals surface area contributed by atoms with Crippen molar-refractivity contribution in [2.75, 3.05) is 10.8 Å². The molecule has 0 aliphatic carbocycles. The third kappa shape index (κ3) is 8.77. The quantitative estimate of drug-likeness (QED) is 0.188. The van der Waals surface area contributed by atoms with Crippen LogP contribution in [0.25, 0.3) is 0 Å². The van der Waals surface area contributed by atoms with Crippen LogP contribution in [-0.2, 0) is 32.6 Å². The van der Waals surface area contributed by atoms with E-state index in [1.807, 2.05) is 84.0 Å². The minimum absolute atomic E-state index is 0.00108. The van der Waals surface area contributed by atoms with E-state index in [1.54, 1.807) is 54.6 Å². The third-order valence-electron chi connectivity index (χ3n) is 7.73. The van der Waals surface area contributed by atoms with E-state index >= 15 is 0 Å². The predicted molar refractivity (Wildman–Crippen MR) is 185 cm³/mol. The van der Waals surface area contributed by atoms with Crippen LogP contribution in [0.3, 0.4) is 0 Å². The second kappa shape index (κ2) is 14.5. The van der Waals surface area contributed by atoms with Gasteiger partial charge in [-0.2, -0.15) is 0 Å². The lowest BCUT2D eigenvalue weighted by Gasteiger charge is -2.35. The molecule has 0 spiro atoms. The number of benzene rings is 4. The molecule has 0 bridgehead atoms. The van der Waals surface area contributed by atoms with E-state index in [0.717, 1.165) is 26.6 Å². The molecule has 0 aliphatic heterocycles. The minimum Gasteiger partial charge on any atom is -0.350 e. The molecule has 46 heavy (non-hydrogen) atoms. The lowest BCUT2D eigenvalue weighted by Crippen LogP contribution is -2.56. The highest BCUT2D eigenvalue weighted by molar-refractivity contribution is 7.92. The molecule has 0 aromatic heterocycles. The molecule has 0 aliphatic rings. The fourth-order valence-corrected chi connectivity index (χ4v) is 6.67. The number of anilines is 1. The maximum absolute atomic E-state index is 14.6. The zero-order chi connectivity index (χ0) is 33.6. The number of rotatable bonds is 11. The van der Waals surface area contributed by atoms with Crippen LogP contribution < -0.4 is 9.62 Å². The Kier molecular flexibility index (Phi) is 11.0. The Morgan fingerprint density at radius 2 is 1.46 bits per heavy atom. The summed E-state index contributed by atoms with van der Waals surface area (Å²) in [6, 6.07) is 27.5. The second-order valence-corrected chi connectivity index (χ2v) is 14.9. The van der Waals surface area contributed by atoms with Crippen molar-refractivity contribution in [1.82, 2.24) is 10.2 Å². The van der Waals surface area contributed by atoms with Gasteiger partial charge in [0.25, 0.3) is 10.0 Å². The summed E-state index contributed by atoms with van der Waals surface area (Å²) in [5.74, 6) is -0.894. The summed E-state index contributed by atoms with van der Waals surface area (Å²) in [7, 11) is -4.18. The van der Waals surface area contributed by atoms with Crippen molar-refractivity contribution in [2.45, 2.75) is 71.0 Å². The average Bonchev–Trinajstić information content (AvgIpc) is 2.99. The van der Waals surface area contributed by atoms with Gasteiger partial charge in [0.15, 0.2) is 0 Å². The highest BCUT2D eigenvalue weighted by Crippen LogP contribution is 2.28. The Bertz CT molecular complexity index is 1790. The topological polar surface area (TPSA) is 86.8 Å². The first-order valence-corrected chi connectivity index (χ1v) is 17.0. The van der Waals surface area contributed by atoms with E-state index in [2.05, 4.69) is 5.32 Å². The van der Waals surface area contributed by atoms with Crippen molar-refractivity contribution in [3.8, 4) is 0 Å². The Hall–Kier alpha value is -4.14. The summed E-state index contributed by atoms with van der Waals surface area (Å²) in [4.78, 5) is 30.1. The number of carbonyl (C=O) groups excluding carboxylic acids is 2. The molecule has 4 aromatic rings. The summed E-state index contributed by atoms with van der Waals surface area (Å²) < 4.78 is 29.6. The Balaban J connectivity index is 1.84. The molecule has 0 heterocycles.